The lowest BCUT2D eigenvalue weighted by molar-refractivity contribution is 0.000324. The molecule has 4 heterocycles. The van der Waals surface area contributed by atoms with Gasteiger partial charge in [0.25, 0.3) is 0 Å². The van der Waals surface area contributed by atoms with Gasteiger partial charge >= 0.3 is 12.2 Å². The molecule has 0 saturated carbocycles. The number of amides is 2. The zero-order valence-corrected chi connectivity index (χ0v) is 40.5. The van der Waals surface area contributed by atoms with Crippen LogP contribution in [0.4, 0.5) is 24.1 Å². The normalized spacial score (nSPS) is 18.7. The number of carbonyl (C=O) groups is 2. The van der Waals surface area contributed by atoms with Crippen LogP contribution in [0.1, 0.15) is 74.8 Å². The molecule has 2 saturated heterocycles. The van der Waals surface area contributed by atoms with E-state index >= 15 is 0 Å². The molecule has 4 atom stereocenters. The summed E-state index contributed by atoms with van der Waals surface area (Å²) in [7, 11) is 0. The number of nitrogens with zero attached hydrogens (tertiary/aromatic N) is 6. The second-order valence-corrected chi connectivity index (χ2v) is 19.0. The maximum Gasteiger partial charge on any atom is 0.410 e. The third-order valence-corrected chi connectivity index (χ3v) is 10.9. The minimum atomic E-state index is -0.584. The van der Waals surface area contributed by atoms with Crippen LogP contribution >= 0.6 is 46.4 Å². The van der Waals surface area contributed by atoms with E-state index in [2.05, 4.69) is 27.1 Å². The molecule has 0 spiro atoms. The van der Waals surface area contributed by atoms with Crippen molar-refractivity contribution in [1.82, 2.24) is 30.0 Å². The van der Waals surface area contributed by atoms with Crippen LogP contribution in [0.25, 0.3) is 27.4 Å². The number of hydrogen-bond donors (Lipinski definition) is 2. The van der Waals surface area contributed by atoms with E-state index in [1.807, 2.05) is 67.2 Å². The number of rotatable bonds is 3. The number of benzene rings is 2. The van der Waals surface area contributed by atoms with Gasteiger partial charge in [-0.3, -0.25) is 5.41 Å². The molecule has 4 aromatic rings. The number of aromatic nitrogens is 2. The third-order valence-electron chi connectivity index (χ3n) is 9.77. The predicted octanol–water partition coefficient (Wildman–Crippen LogP) is 12.2. The molecule has 2 aromatic carbocycles. The highest BCUT2D eigenvalue weighted by Gasteiger charge is 2.36. The summed E-state index contributed by atoms with van der Waals surface area (Å²) in [5.74, 6) is -0.747. The van der Waals surface area contributed by atoms with Crippen molar-refractivity contribution in [2.45, 2.75) is 105 Å². The van der Waals surface area contributed by atoms with E-state index in [9.17, 15) is 18.4 Å². The fraction of sp³-hybridized carbons (Fsp3) is 0.435. The average molecular weight is 963 g/mol. The summed E-state index contributed by atoms with van der Waals surface area (Å²) < 4.78 is 38.6. The van der Waals surface area contributed by atoms with Gasteiger partial charge in [0.05, 0.1) is 33.6 Å². The van der Waals surface area contributed by atoms with E-state index in [1.165, 1.54) is 18.2 Å². The zero-order chi connectivity index (χ0) is 47.8. The fourth-order valence-corrected chi connectivity index (χ4v) is 7.53. The van der Waals surface area contributed by atoms with Crippen LogP contribution in [0.5, 0.6) is 0 Å². The Hall–Kier alpha value is -4.78. The Kier molecular flexibility index (Phi) is 17.8. The van der Waals surface area contributed by atoms with Crippen LogP contribution in [-0.4, -0.2) is 104 Å². The Bertz CT molecular complexity index is 2370. The number of hydrogen-bond acceptors (Lipinski definition) is 8. The minimum Gasteiger partial charge on any atom is -0.444 e. The number of nitrogens with one attached hydrogen (secondary N) is 2. The van der Waals surface area contributed by atoms with Crippen LogP contribution in [0.15, 0.2) is 60.7 Å². The highest BCUT2D eigenvalue weighted by molar-refractivity contribution is 6.37. The molecule has 2 aliphatic rings. The molecule has 0 unspecified atom stereocenters. The highest BCUT2D eigenvalue weighted by Crippen LogP contribution is 2.35. The summed E-state index contributed by atoms with van der Waals surface area (Å²) >= 11 is 24.6. The van der Waals surface area contributed by atoms with Crippen LogP contribution in [0.3, 0.4) is 0 Å². The molecule has 2 amide bonds. The zero-order valence-electron chi connectivity index (χ0n) is 37.5. The molecule has 64 heavy (non-hydrogen) atoms. The average Bonchev–Trinajstić information content (AvgIpc) is 3.20. The second-order valence-electron chi connectivity index (χ2n) is 17.5. The Morgan fingerprint density at radius 1 is 0.719 bits per heavy atom. The molecule has 2 N–H and O–H groups in total. The molecule has 2 aromatic heterocycles. The first-order valence-corrected chi connectivity index (χ1v) is 22.0. The van der Waals surface area contributed by atoms with Crippen molar-refractivity contribution in [3.63, 3.8) is 0 Å². The fourth-order valence-electron chi connectivity index (χ4n) is 6.62. The lowest BCUT2D eigenvalue weighted by Crippen LogP contribution is -2.60. The van der Waals surface area contributed by atoms with E-state index < -0.39 is 22.8 Å². The topological polar surface area (TPSA) is 128 Å². The number of halogens is 6. The van der Waals surface area contributed by atoms with Crippen molar-refractivity contribution in [2.24, 2.45) is 0 Å². The maximum absolute atomic E-state index is 14.2. The second kappa shape index (κ2) is 21.9. The van der Waals surface area contributed by atoms with Gasteiger partial charge in [-0.2, -0.15) is 0 Å². The Labute approximate surface area is 394 Å². The van der Waals surface area contributed by atoms with E-state index in [4.69, 9.17) is 67.9 Å². The summed E-state index contributed by atoms with van der Waals surface area (Å²) in [4.78, 5) is 41.1. The van der Waals surface area contributed by atoms with Gasteiger partial charge in [0, 0.05) is 61.5 Å². The minimum absolute atomic E-state index is 0.0163. The van der Waals surface area contributed by atoms with Crippen molar-refractivity contribution in [3.05, 3.63) is 110 Å². The maximum atomic E-state index is 14.2. The van der Waals surface area contributed by atoms with Gasteiger partial charge in [0.2, 0.25) is 5.69 Å². The van der Waals surface area contributed by atoms with Crippen LogP contribution in [0, 0.1) is 23.6 Å². The van der Waals surface area contributed by atoms with Crippen LogP contribution in [-0.2, 0) is 9.47 Å². The van der Waals surface area contributed by atoms with E-state index in [0.717, 1.165) is 13.1 Å². The monoisotopic (exact) mass is 960 g/mol. The third kappa shape index (κ3) is 13.9. The molecule has 0 radical (unpaired) electrons. The summed E-state index contributed by atoms with van der Waals surface area (Å²) in [6, 6.07) is 15.4. The van der Waals surface area contributed by atoms with Crippen molar-refractivity contribution in [1.29, 1.82) is 5.41 Å². The first-order valence-electron chi connectivity index (χ1n) is 20.5. The first-order chi connectivity index (χ1) is 29.8. The van der Waals surface area contributed by atoms with E-state index in [-0.39, 0.29) is 84.7 Å². The van der Waals surface area contributed by atoms with Crippen LogP contribution in [0.2, 0.25) is 20.4 Å². The van der Waals surface area contributed by atoms with Gasteiger partial charge in [-0.1, -0.05) is 70.7 Å². The molecule has 0 aliphatic carbocycles. The van der Waals surface area contributed by atoms with Gasteiger partial charge in [-0.05, 0) is 106 Å². The SMILES string of the molecule is C[C@@H]1CN(C(=N)c2cc(Cl)c(-c3ccccc3F)nc2Cl)[C@@H](C)CN1C(=O)OC(C)(C)C.C[C@@H]1CN[C@@H](C)CN1C(=O)OC(C)(C)C.[C-]#[N+]c1cc(Cl)c(-c2ccccc2F)nc1Cl. The van der Waals surface area contributed by atoms with Crippen molar-refractivity contribution < 1.29 is 27.8 Å². The molecule has 6 rings (SSSR count). The number of piperazine rings is 2. The van der Waals surface area contributed by atoms with Gasteiger partial charge in [0.1, 0.15) is 39.0 Å². The van der Waals surface area contributed by atoms with E-state index in [0.29, 0.717) is 24.7 Å². The number of pyridine rings is 2. The van der Waals surface area contributed by atoms with Gasteiger partial charge in [-0.15, -0.1) is 0 Å². The molecule has 2 fully saturated rings. The van der Waals surface area contributed by atoms with Crippen molar-refractivity contribution in [3.8, 4) is 22.5 Å². The van der Waals surface area contributed by atoms with Crippen molar-refractivity contribution in [2.75, 3.05) is 26.2 Å². The molecule has 2 aliphatic heterocycles. The summed E-state index contributed by atoms with van der Waals surface area (Å²) in [6.07, 6.45) is -0.580. The van der Waals surface area contributed by atoms with Crippen molar-refractivity contribution >= 4 is 70.1 Å². The smallest absolute Gasteiger partial charge is 0.410 e. The number of amidine groups is 1. The highest BCUT2D eigenvalue weighted by atomic mass is 35.5. The summed E-state index contributed by atoms with van der Waals surface area (Å²) in [5, 5.41) is 12.6. The standard InChI is InChI=1S/C23H27Cl2FN4O2.C12H5Cl2FN2.C11H22N2O2/c1-13-12-30(22(31)32-23(3,4)5)14(2)11-29(13)21(27)16-10-17(24)19(28-20(16)25)15-8-6-7-9-18(15)26;1-16-10-6-8(13)11(17-12(10)14)7-4-2-3-5-9(7)15;1-8-7-13(9(2)6-12-8)10(14)15-11(3,4)5/h6-10,13-14,27H,11-12H2,1-5H3;2-6H;8-9,12H,6-7H2,1-5H3/t13-,14+;;8-,9+/m0.0/s1. The molecular formula is C46H54Cl4F2N8O4. The Morgan fingerprint density at radius 2 is 1.16 bits per heavy atom. The molecule has 344 valence electrons. The van der Waals surface area contributed by atoms with Crippen LogP contribution < -0.4 is 5.32 Å². The quantitative estimate of drug-likeness (QED) is 0.0899. The molecular weight excluding hydrogens is 908 g/mol. The Morgan fingerprint density at radius 3 is 1.64 bits per heavy atom. The first kappa shape index (κ1) is 51.9. The molecule has 18 heteroatoms. The largest absolute Gasteiger partial charge is 0.444 e. The lowest BCUT2D eigenvalue weighted by atomic mass is 10.1. The van der Waals surface area contributed by atoms with Gasteiger partial charge in [0.15, 0.2) is 0 Å². The lowest BCUT2D eigenvalue weighted by Gasteiger charge is -2.45. The van der Waals surface area contributed by atoms with Gasteiger partial charge in [-0.25, -0.2) is 33.2 Å². The van der Waals surface area contributed by atoms with E-state index in [1.54, 1.807) is 52.3 Å². The predicted molar refractivity (Wildman–Crippen MR) is 251 cm³/mol. The Balaban J connectivity index is 0.000000235. The molecule has 12 nitrogen and oxygen atoms in total. The number of ether oxygens (including phenoxy) is 2. The van der Waals surface area contributed by atoms with Gasteiger partial charge < -0.3 is 29.5 Å². The molecule has 0 bridgehead atoms. The number of carbonyl (C=O) groups excluding carboxylic acids is 2. The summed E-state index contributed by atoms with van der Waals surface area (Å²) in [5.41, 5.74) is 0.467. The summed E-state index contributed by atoms with van der Waals surface area (Å²) in [6.45, 7) is 28.3.